The molecule has 0 radical (unpaired) electrons. The van der Waals surface area contributed by atoms with Gasteiger partial charge in [-0.2, -0.15) is 5.10 Å². The minimum Gasteiger partial charge on any atom is -0.497 e. The van der Waals surface area contributed by atoms with Crippen molar-refractivity contribution in [2.24, 2.45) is 5.73 Å². The molecule has 8 nitrogen and oxygen atoms in total. The molecule has 142 valence electrons. The second kappa shape index (κ2) is 8.41. The van der Waals surface area contributed by atoms with Gasteiger partial charge in [0.15, 0.2) is 17.3 Å². The number of ether oxygens (including phenoxy) is 3. The zero-order chi connectivity index (χ0) is 19.2. The van der Waals surface area contributed by atoms with Crippen LogP contribution in [0.25, 0.3) is 0 Å². The molecule has 1 heterocycles. The van der Waals surface area contributed by atoms with Gasteiger partial charge in [-0.3, -0.25) is 5.10 Å². The van der Waals surface area contributed by atoms with Crippen LogP contribution in [0.3, 0.4) is 0 Å². The Morgan fingerprint density at radius 2 is 1.74 bits per heavy atom. The van der Waals surface area contributed by atoms with E-state index in [1.54, 1.807) is 21.3 Å². The van der Waals surface area contributed by atoms with Crippen LogP contribution in [0, 0.1) is 0 Å². The molecule has 1 aromatic heterocycles. The molecule has 0 unspecified atom stereocenters. The fraction of sp³-hybridized carbons (Fsp3) is 0.263. The Balaban J connectivity index is 1.67. The first-order valence-electron chi connectivity index (χ1n) is 8.41. The molecule has 3 aromatic rings. The number of rotatable bonds is 8. The van der Waals surface area contributed by atoms with E-state index in [9.17, 15) is 0 Å². The highest BCUT2D eigenvalue weighted by molar-refractivity contribution is 5.46. The quantitative estimate of drug-likeness (QED) is 0.560. The van der Waals surface area contributed by atoms with Crippen LogP contribution in [0.5, 0.6) is 17.2 Å². The summed E-state index contributed by atoms with van der Waals surface area (Å²) < 4.78 is 15.7. The fourth-order valence-corrected chi connectivity index (χ4v) is 2.62. The Bertz CT molecular complexity index is 879. The second-order valence-electron chi connectivity index (χ2n) is 5.81. The highest BCUT2D eigenvalue weighted by Gasteiger charge is 2.17. The monoisotopic (exact) mass is 369 g/mol. The fourth-order valence-electron chi connectivity index (χ4n) is 2.62. The van der Waals surface area contributed by atoms with Gasteiger partial charge in [-0.25, -0.2) is 4.98 Å². The predicted octanol–water partition coefficient (Wildman–Crippen LogP) is 2.49. The Hall–Kier alpha value is -3.26. The van der Waals surface area contributed by atoms with Crippen LogP contribution in [-0.4, -0.2) is 36.5 Å². The third kappa shape index (κ3) is 4.29. The smallest absolute Gasteiger partial charge is 0.171 e. The maximum Gasteiger partial charge on any atom is 0.171 e. The highest BCUT2D eigenvalue weighted by Crippen LogP contribution is 2.30. The summed E-state index contributed by atoms with van der Waals surface area (Å²) in [7, 11) is 4.82. The lowest BCUT2D eigenvalue weighted by atomic mass is 10.1. The van der Waals surface area contributed by atoms with Gasteiger partial charge < -0.3 is 25.3 Å². The lowest BCUT2D eigenvalue weighted by Crippen LogP contribution is -2.14. The number of aromatic amines is 1. The van der Waals surface area contributed by atoms with E-state index in [2.05, 4.69) is 20.5 Å². The minimum atomic E-state index is -0.476. The van der Waals surface area contributed by atoms with Crippen molar-refractivity contribution in [2.45, 2.75) is 12.6 Å². The summed E-state index contributed by atoms with van der Waals surface area (Å²) in [6.07, 6.45) is 0. The molecular formula is C19H23N5O3. The van der Waals surface area contributed by atoms with E-state index in [0.717, 1.165) is 17.0 Å². The SMILES string of the molecule is COc1ccc(NCc2nc([C@@H](N)c3ccc(OC)c(OC)c3)n[nH]2)cc1. The molecule has 27 heavy (non-hydrogen) atoms. The lowest BCUT2D eigenvalue weighted by molar-refractivity contribution is 0.354. The standard InChI is InChI=1S/C19H23N5O3/c1-25-14-7-5-13(6-8-14)21-11-17-22-19(24-23-17)18(20)12-4-9-15(26-2)16(10-12)27-3/h4-10,18,21H,11,20H2,1-3H3,(H,22,23,24)/t18-/m0/s1. The molecule has 8 heteroatoms. The van der Waals surface area contributed by atoms with Crippen molar-refractivity contribution in [3.05, 3.63) is 59.7 Å². The highest BCUT2D eigenvalue weighted by atomic mass is 16.5. The van der Waals surface area contributed by atoms with Crippen molar-refractivity contribution < 1.29 is 14.2 Å². The lowest BCUT2D eigenvalue weighted by Gasteiger charge is -2.12. The van der Waals surface area contributed by atoms with E-state index in [1.165, 1.54) is 0 Å². The largest absolute Gasteiger partial charge is 0.497 e. The number of aromatic nitrogens is 3. The molecule has 2 aromatic carbocycles. The third-order valence-corrected chi connectivity index (χ3v) is 4.14. The third-order valence-electron chi connectivity index (χ3n) is 4.14. The van der Waals surface area contributed by atoms with Crippen molar-refractivity contribution >= 4 is 5.69 Å². The molecular weight excluding hydrogens is 346 g/mol. The summed E-state index contributed by atoms with van der Waals surface area (Å²) in [4.78, 5) is 4.48. The zero-order valence-corrected chi connectivity index (χ0v) is 15.5. The molecule has 0 aliphatic heterocycles. The van der Waals surface area contributed by atoms with Gasteiger partial charge in [0.2, 0.25) is 0 Å². The zero-order valence-electron chi connectivity index (χ0n) is 15.5. The Kier molecular flexibility index (Phi) is 5.77. The van der Waals surface area contributed by atoms with Crippen LogP contribution in [0.15, 0.2) is 42.5 Å². The first-order valence-corrected chi connectivity index (χ1v) is 8.41. The first-order chi connectivity index (χ1) is 13.1. The maximum atomic E-state index is 6.31. The number of anilines is 1. The molecule has 4 N–H and O–H groups in total. The molecule has 0 fully saturated rings. The molecule has 3 rings (SSSR count). The average molecular weight is 369 g/mol. The van der Waals surface area contributed by atoms with Crippen molar-refractivity contribution in [1.82, 2.24) is 15.2 Å². The van der Waals surface area contributed by atoms with Crippen LogP contribution in [-0.2, 0) is 6.54 Å². The van der Waals surface area contributed by atoms with Gasteiger partial charge >= 0.3 is 0 Å². The summed E-state index contributed by atoms with van der Waals surface area (Å²) in [6, 6.07) is 12.7. The van der Waals surface area contributed by atoms with Gasteiger partial charge in [0, 0.05) is 5.69 Å². The topological polar surface area (TPSA) is 107 Å². The van der Waals surface area contributed by atoms with Crippen LogP contribution < -0.4 is 25.3 Å². The number of benzene rings is 2. The van der Waals surface area contributed by atoms with E-state index >= 15 is 0 Å². The van der Waals surface area contributed by atoms with Gasteiger partial charge in [-0.05, 0) is 42.0 Å². The van der Waals surface area contributed by atoms with Crippen LogP contribution in [0.4, 0.5) is 5.69 Å². The number of H-pyrrole nitrogens is 1. The number of methoxy groups -OCH3 is 3. The van der Waals surface area contributed by atoms with Crippen molar-refractivity contribution in [2.75, 3.05) is 26.6 Å². The second-order valence-corrected chi connectivity index (χ2v) is 5.81. The van der Waals surface area contributed by atoms with Gasteiger partial charge in [-0.15, -0.1) is 0 Å². The molecule has 0 aliphatic rings. The average Bonchev–Trinajstić information content (AvgIpc) is 3.20. The Labute approximate surface area is 157 Å². The van der Waals surface area contributed by atoms with Gasteiger partial charge in [0.25, 0.3) is 0 Å². The Morgan fingerprint density at radius 3 is 2.41 bits per heavy atom. The Morgan fingerprint density at radius 1 is 1.00 bits per heavy atom. The molecule has 0 saturated carbocycles. The van der Waals surface area contributed by atoms with Crippen molar-refractivity contribution in [3.63, 3.8) is 0 Å². The summed E-state index contributed by atoms with van der Waals surface area (Å²) in [5.41, 5.74) is 8.10. The summed E-state index contributed by atoms with van der Waals surface area (Å²) >= 11 is 0. The van der Waals surface area contributed by atoms with Crippen molar-refractivity contribution in [3.8, 4) is 17.2 Å². The number of nitrogens with one attached hydrogen (secondary N) is 2. The number of hydrogen-bond donors (Lipinski definition) is 3. The molecule has 0 aliphatic carbocycles. The minimum absolute atomic E-state index is 0.476. The van der Waals surface area contributed by atoms with E-state index in [1.807, 2.05) is 42.5 Å². The summed E-state index contributed by atoms with van der Waals surface area (Å²) in [5, 5.41) is 10.4. The molecule has 0 saturated heterocycles. The van der Waals surface area contributed by atoms with Crippen molar-refractivity contribution in [1.29, 1.82) is 0 Å². The predicted molar refractivity (Wildman–Crippen MR) is 102 cm³/mol. The molecule has 0 amide bonds. The molecule has 1 atom stereocenters. The number of hydrogen-bond acceptors (Lipinski definition) is 7. The summed E-state index contributed by atoms with van der Waals surface area (Å²) in [6.45, 7) is 0.498. The van der Waals surface area contributed by atoms with E-state index in [4.69, 9.17) is 19.9 Å². The van der Waals surface area contributed by atoms with E-state index < -0.39 is 6.04 Å². The van der Waals surface area contributed by atoms with Gasteiger partial charge in [0.05, 0.1) is 33.9 Å². The van der Waals surface area contributed by atoms with Gasteiger partial charge in [0.1, 0.15) is 11.6 Å². The first kappa shape index (κ1) is 18.5. The van der Waals surface area contributed by atoms with Crippen LogP contribution in [0.2, 0.25) is 0 Å². The van der Waals surface area contributed by atoms with Crippen LogP contribution >= 0.6 is 0 Å². The number of nitrogens with two attached hydrogens (primary N) is 1. The van der Waals surface area contributed by atoms with Gasteiger partial charge in [-0.1, -0.05) is 6.07 Å². The maximum absolute atomic E-state index is 6.31. The number of nitrogens with zero attached hydrogens (tertiary/aromatic N) is 2. The summed E-state index contributed by atoms with van der Waals surface area (Å²) in [5.74, 6) is 3.27. The molecule has 0 bridgehead atoms. The molecule has 0 spiro atoms. The normalized spacial score (nSPS) is 11.7. The van der Waals surface area contributed by atoms with Crippen LogP contribution in [0.1, 0.15) is 23.3 Å². The van der Waals surface area contributed by atoms with E-state index in [0.29, 0.717) is 29.7 Å². The van der Waals surface area contributed by atoms with E-state index in [-0.39, 0.29) is 0 Å².